The first kappa shape index (κ1) is 22.3. The van der Waals surface area contributed by atoms with E-state index in [1.807, 2.05) is 5.32 Å². The van der Waals surface area contributed by atoms with Gasteiger partial charge >= 0.3 is 12.0 Å². The van der Waals surface area contributed by atoms with Crippen LogP contribution >= 0.6 is 23.2 Å². The molecule has 0 aromatic heterocycles. The zero-order valence-electron chi connectivity index (χ0n) is 16.0. The number of esters is 1. The van der Waals surface area contributed by atoms with E-state index in [1.165, 1.54) is 36.4 Å². The third-order valence-electron chi connectivity index (χ3n) is 4.21. The number of carbonyl (C=O) groups is 5. The van der Waals surface area contributed by atoms with Crippen molar-refractivity contribution in [2.45, 2.75) is 6.92 Å². The molecule has 1 aliphatic rings. The number of hydrogen-bond donors (Lipinski definition) is 2. The highest BCUT2D eigenvalue weighted by atomic mass is 35.5. The van der Waals surface area contributed by atoms with Gasteiger partial charge in [-0.25, -0.2) is 14.5 Å². The van der Waals surface area contributed by atoms with Gasteiger partial charge in [0.1, 0.15) is 0 Å². The number of ether oxygens (including phenoxy) is 1. The number of carbonyl (C=O) groups excluding carboxylic acids is 5. The van der Waals surface area contributed by atoms with Crippen molar-refractivity contribution in [2.75, 3.05) is 18.1 Å². The fourth-order valence-electron chi connectivity index (χ4n) is 2.81. The molecule has 0 atom stereocenters. The van der Waals surface area contributed by atoms with Crippen LogP contribution in [-0.4, -0.2) is 42.9 Å². The van der Waals surface area contributed by atoms with E-state index >= 15 is 0 Å². The first-order valence-electron chi connectivity index (χ1n) is 8.95. The predicted octanol–water partition coefficient (Wildman–Crippen LogP) is 2.80. The first-order chi connectivity index (χ1) is 14.7. The third-order valence-corrected chi connectivity index (χ3v) is 4.95. The van der Waals surface area contributed by atoms with Crippen molar-refractivity contribution < 1.29 is 28.7 Å². The molecule has 0 aliphatic carbocycles. The van der Waals surface area contributed by atoms with Crippen molar-refractivity contribution in [3.05, 3.63) is 63.1 Å². The zero-order valence-corrected chi connectivity index (χ0v) is 17.5. The van der Waals surface area contributed by atoms with Gasteiger partial charge in [0.15, 0.2) is 6.61 Å². The lowest BCUT2D eigenvalue weighted by Gasteiger charge is -2.14. The summed E-state index contributed by atoms with van der Waals surface area (Å²) in [6.45, 7) is 1.29. The molecule has 31 heavy (non-hydrogen) atoms. The van der Waals surface area contributed by atoms with E-state index in [9.17, 15) is 24.0 Å². The topological polar surface area (TPSA) is 122 Å². The molecule has 1 aliphatic heterocycles. The fourth-order valence-corrected chi connectivity index (χ4v) is 3.10. The number of fused-ring (bicyclic) bond motifs is 1. The van der Waals surface area contributed by atoms with E-state index in [0.29, 0.717) is 6.54 Å². The van der Waals surface area contributed by atoms with Crippen LogP contribution < -0.4 is 15.5 Å². The van der Waals surface area contributed by atoms with Gasteiger partial charge in [0.25, 0.3) is 17.7 Å². The van der Waals surface area contributed by atoms with Gasteiger partial charge in [0.2, 0.25) is 0 Å². The van der Waals surface area contributed by atoms with Crippen molar-refractivity contribution >= 4 is 58.6 Å². The number of urea groups is 1. The first-order valence-corrected chi connectivity index (χ1v) is 9.71. The molecule has 0 unspecified atom stereocenters. The minimum atomic E-state index is -0.901. The Morgan fingerprint density at radius 1 is 0.968 bits per heavy atom. The van der Waals surface area contributed by atoms with E-state index in [4.69, 9.17) is 27.9 Å². The summed E-state index contributed by atoms with van der Waals surface area (Å²) < 4.78 is 4.86. The van der Waals surface area contributed by atoms with Crippen LogP contribution in [0.2, 0.25) is 10.0 Å². The predicted molar refractivity (Wildman–Crippen MR) is 112 cm³/mol. The molecule has 0 fully saturated rings. The van der Waals surface area contributed by atoms with Crippen molar-refractivity contribution in [1.29, 1.82) is 0 Å². The molecule has 5 amide bonds. The van der Waals surface area contributed by atoms with Gasteiger partial charge in [-0.3, -0.25) is 19.7 Å². The monoisotopic (exact) mass is 463 g/mol. The van der Waals surface area contributed by atoms with E-state index in [1.54, 1.807) is 6.92 Å². The number of benzene rings is 2. The quantitative estimate of drug-likeness (QED) is 0.519. The molecule has 0 spiro atoms. The van der Waals surface area contributed by atoms with Crippen LogP contribution in [0.25, 0.3) is 0 Å². The average Bonchev–Trinajstić information content (AvgIpc) is 2.98. The summed E-state index contributed by atoms with van der Waals surface area (Å²) in [7, 11) is 0. The second-order valence-corrected chi connectivity index (χ2v) is 7.10. The Kier molecular flexibility index (Phi) is 6.57. The van der Waals surface area contributed by atoms with Gasteiger partial charge in [0, 0.05) is 6.54 Å². The standard InChI is InChI=1S/C20H15Cl2N3O6/c1-2-23-20(30)24-16(26)9-31-19(29)10-3-5-12-13(7-10)18(28)25(17(12)27)11-4-6-14(21)15(22)8-11/h3-8H,2,9H2,1H3,(H2,23,24,26,30). The molecule has 11 heteroatoms. The van der Waals surface area contributed by atoms with Crippen LogP contribution in [0.1, 0.15) is 38.0 Å². The Balaban J connectivity index is 1.74. The number of rotatable bonds is 5. The van der Waals surface area contributed by atoms with Gasteiger partial charge in [-0.2, -0.15) is 0 Å². The Morgan fingerprint density at radius 3 is 2.35 bits per heavy atom. The van der Waals surface area contributed by atoms with Gasteiger partial charge in [-0.05, 0) is 43.3 Å². The summed E-state index contributed by atoms with van der Waals surface area (Å²) >= 11 is 11.9. The summed E-state index contributed by atoms with van der Waals surface area (Å²) in [5.41, 5.74) is 0.285. The van der Waals surface area contributed by atoms with E-state index in [2.05, 4.69) is 5.32 Å². The number of halogens is 2. The van der Waals surface area contributed by atoms with Crippen molar-refractivity contribution in [1.82, 2.24) is 10.6 Å². The molecule has 2 aromatic rings. The van der Waals surface area contributed by atoms with Crippen LogP contribution in [0.4, 0.5) is 10.5 Å². The van der Waals surface area contributed by atoms with Crippen LogP contribution in [0.5, 0.6) is 0 Å². The van der Waals surface area contributed by atoms with Crippen LogP contribution in [0.3, 0.4) is 0 Å². The lowest BCUT2D eigenvalue weighted by Crippen LogP contribution is -2.41. The van der Waals surface area contributed by atoms with Gasteiger partial charge in [-0.15, -0.1) is 0 Å². The average molecular weight is 464 g/mol. The van der Waals surface area contributed by atoms with Gasteiger partial charge in [-0.1, -0.05) is 23.2 Å². The Morgan fingerprint density at radius 2 is 1.68 bits per heavy atom. The van der Waals surface area contributed by atoms with Crippen molar-refractivity contribution in [2.24, 2.45) is 0 Å². The van der Waals surface area contributed by atoms with Crippen molar-refractivity contribution in [3.63, 3.8) is 0 Å². The van der Waals surface area contributed by atoms with E-state index in [0.717, 1.165) is 4.90 Å². The van der Waals surface area contributed by atoms with Crippen LogP contribution in [-0.2, 0) is 9.53 Å². The van der Waals surface area contributed by atoms with Gasteiger partial charge in [0.05, 0.1) is 32.4 Å². The Bertz CT molecular complexity index is 1120. The summed E-state index contributed by atoms with van der Waals surface area (Å²) in [5.74, 6) is -2.96. The lowest BCUT2D eigenvalue weighted by molar-refractivity contribution is -0.123. The number of anilines is 1. The molecule has 3 rings (SSSR count). The maximum atomic E-state index is 12.8. The normalized spacial score (nSPS) is 12.4. The minimum absolute atomic E-state index is 0.00250. The fraction of sp³-hybridized carbons (Fsp3) is 0.150. The second-order valence-electron chi connectivity index (χ2n) is 6.29. The lowest BCUT2D eigenvalue weighted by atomic mass is 10.1. The molecule has 2 N–H and O–H groups in total. The molecule has 9 nitrogen and oxygen atoms in total. The summed E-state index contributed by atoms with van der Waals surface area (Å²) in [6.07, 6.45) is 0. The molecule has 1 heterocycles. The van der Waals surface area contributed by atoms with Crippen LogP contribution in [0.15, 0.2) is 36.4 Å². The highest BCUT2D eigenvalue weighted by molar-refractivity contribution is 6.42. The minimum Gasteiger partial charge on any atom is -0.452 e. The molecular formula is C20H15Cl2N3O6. The summed E-state index contributed by atoms with van der Waals surface area (Å²) in [5, 5.41) is 4.78. The molecular weight excluding hydrogens is 449 g/mol. The maximum absolute atomic E-state index is 12.8. The molecule has 0 bridgehead atoms. The molecule has 160 valence electrons. The van der Waals surface area contributed by atoms with Crippen molar-refractivity contribution in [3.8, 4) is 0 Å². The summed E-state index contributed by atoms with van der Waals surface area (Å²) in [6, 6.07) is 7.42. The van der Waals surface area contributed by atoms with E-state index < -0.39 is 36.3 Å². The number of amides is 5. The smallest absolute Gasteiger partial charge is 0.338 e. The zero-order chi connectivity index (χ0) is 22.7. The maximum Gasteiger partial charge on any atom is 0.338 e. The molecule has 0 radical (unpaired) electrons. The highest BCUT2D eigenvalue weighted by Gasteiger charge is 2.37. The number of hydrogen-bond acceptors (Lipinski definition) is 6. The SMILES string of the molecule is CCNC(=O)NC(=O)COC(=O)c1ccc2c(c1)C(=O)N(c1ccc(Cl)c(Cl)c1)C2=O. The third kappa shape index (κ3) is 4.68. The largest absolute Gasteiger partial charge is 0.452 e. The second kappa shape index (κ2) is 9.15. The summed E-state index contributed by atoms with van der Waals surface area (Å²) in [4.78, 5) is 61.5. The molecule has 0 saturated carbocycles. The Hall–Kier alpha value is -3.43. The number of imide groups is 2. The molecule has 2 aromatic carbocycles. The highest BCUT2D eigenvalue weighted by Crippen LogP contribution is 2.33. The van der Waals surface area contributed by atoms with Crippen LogP contribution in [0, 0.1) is 0 Å². The Labute approximate surface area is 186 Å². The van der Waals surface area contributed by atoms with E-state index in [-0.39, 0.29) is 32.4 Å². The number of nitrogens with zero attached hydrogens (tertiary/aromatic N) is 1. The molecule has 0 saturated heterocycles. The van der Waals surface area contributed by atoms with Gasteiger partial charge < -0.3 is 10.1 Å². The number of nitrogens with one attached hydrogen (secondary N) is 2.